The predicted molar refractivity (Wildman–Crippen MR) is 43.4 cm³/mol. The van der Waals surface area contributed by atoms with Crippen molar-refractivity contribution in [3.8, 4) is 0 Å². The molecule has 2 heteroatoms. The fourth-order valence-corrected chi connectivity index (χ4v) is 1.66. The zero-order valence-corrected chi connectivity index (χ0v) is 6.84. The molecule has 1 N–H and O–H groups in total. The lowest BCUT2D eigenvalue weighted by Gasteiger charge is -2.04. The van der Waals surface area contributed by atoms with Gasteiger partial charge in [-0.05, 0) is 25.7 Å². The molecule has 0 spiro atoms. The van der Waals surface area contributed by atoms with Crippen LogP contribution in [-0.4, -0.2) is 11.1 Å². The molecular weight excluding hydrogens is 140 g/mol. The maximum Gasteiger partial charge on any atom is 0.310 e. The van der Waals surface area contributed by atoms with Gasteiger partial charge in [0.2, 0.25) is 0 Å². The van der Waals surface area contributed by atoms with Crippen molar-refractivity contribution in [2.45, 2.75) is 32.6 Å². The van der Waals surface area contributed by atoms with Crippen LogP contribution < -0.4 is 0 Å². The van der Waals surface area contributed by atoms with Crippen molar-refractivity contribution in [3.63, 3.8) is 0 Å². The van der Waals surface area contributed by atoms with Gasteiger partial charge in [0.1, 0.15) is 0 Å². The van der Waals surface area contributed by atoms with Gasteiger partial charge < -0.3 is 5.11 Å². The third kappa shape index (κ3) is 1.82. The van der Waals surface area contributed by atoms with Gasteiger partial charge in [0.05, 0.1) is 5.92 Å². The van der Waals surface area contributed by atoms with Crippen LogP contribution in [-0.2, 0) is 4.79 Å². The minimum absolute atomic E-state index is 0.171. The molecule has 0 aromatic rings. The van der Waals surface area contributed by atoms with E-state index in [2.05, 4.69) is 6.08 Å². The van der Waals surface area contributed by atoms with E-state index in [0.29, 0.717) is 0 Å². The summed E-state index contributed by atoms with van der Waals surface area (Å²) in [6.07, 6.45) is 5.89. The molecule has 0 saturated heterocycles. The van der Waals surface area contributed by atoms with Gasteiger partial charge in [-0.15, -0.1) is 0 Å². The maximum absolute atomic E-state index is 10.6. The van der Waals surface area contributed by atoms with Crippen LogP contribution in [0, 0.1) is 5.92 Å². The lowest BCUT2D eigenvalue weighted by atomic mass is 10.0. The normalized spacial score (nSPS) is 27.7. The molecule has 0 unspecified atom stereocenters. The minimum atomic E-state index is -0.651. The van der Waals surface area contributed by atoms with Gasteiger partial charge >= 0.3 is 5.97 Å². The van der Waals surface area contributed by atoms with E-state index in [1.807, 2.05) is 6.92 Å². The second-order valence-electron chi connectivity index (χ2n) is 2.97. The summed E-state index contributed by atoms with van der Waals surface area (Å²) in [5.41, 5.74) is 1.14. The Morgan fingerprint density at radius 1 is 1.82 bits per heavy atom. The van der Waals surface area contributed by atoms with Gasteiger partial charge in [0.15, 0.2) is 0 Å². The Balaban J connectivity index is 2.65. The Labute approximate surface area is 66.9 Å². The summed E-state index contributed by atoms with van der Waals surface area (Å²) in [7, 11) is 0. The first-order chi connectivity index (χ1) is 5.25. The Morgan fingerprint density at radius 2 is 2.55 bits per heavy atom. The molecule has 11 heavy (non-hydrogen) atoms. The van der Waals surface area contributed by atoms with Crippen LogP contribution >= 0.6 is 0 Å². The van der Waals surface area contributed by atoms with E-state index in [0.717, 1.165) is 31.3 Å². The van der Waals surface area contributed by atoms with Crippen molar-refractivity contribution in [2.24, 2.45) is 5.92 Å². The maximum atomic E-state index is 10.6. The molecule has 0 aromatic carbocycles. The molecule has 62 valence electrons. The first kappa shape index (κ1) is 8.31. The highest BCUT2D eigenvalue weighted by Gasteiger charge is 2.26. The van der Waals surface area contributed by atoms with Crippen molar-refractivity contribution in [1.29, 1.82) is 0 Å². The summed E-state index contributed by atoms with van der Waals surface area (Å²) in [6, 6.07) is 0. The van der Waals surface area contributed by atoms with E-state index in [1.54, 1.807) is 0 Å². The number of rotatable bonds is 2. The van der Waals surface area contributed by atoms with Crippen LogP contribution in [0.3, 0.4) is 0 Å². The highest BCUT2D eigenvalue weighted by atomic mass is 16.4. The minimum Gasteiger partial charge on any atom is -0.481 e. The Hall–Kier alpha value is -0.790. The lowest BCUT2D eigenvalue weighted by Crippen LogP contribution is -2.10. The third-order valence-electron chi connectivity index (χ3n) is 2.17. The van der Waals surface area contributed by atoms with Gasteiger partial charge in [-0.25, -0.2) is 0 Å². The third-order valence-corrected chi connectivity index (χ3v) is 2.17. The monoisotopic (exact) mass is 154 g/mol. The molecule has 0 radical (unpaired) electrons. The van der Waals surface area contributed by atoms with Crippen LogP contribution in [0.15, 0.2) is 11.6 Å². The van der Waals surface area contributed by atoms with Crippen molar-refractivity contribution < 1.29 is 9.90 Å². The SMILES string of the molecule is CC/C=C1/CCC[C@H]1C(=O)O. The topological polar surface area (TPSA) is 37.3 Å². The number of carboxylic acid groups (broad SMARTS) is 1. The molecule has 1 fully saturated rings. The quantitative estimate of drug-likeness (QED) is 0.619. The van der Waals surface area contributed by atoms with E-state index in [4.69, 9.17) is 5.11 Å². The Morgan fingerprint density at radius 3 is 3.09 bits per heavy atom. The smallest absolute Gasteiger partial charge is 0.310 e. The van der Waals surface area contributed by atoms with Gasteiger partial charge in [-0.2, -0.15) is 0 Å². The molecule has 0 bridgehead atoms. The summed E-state index contributed by atoms with van der Waals surface area (Å²) in [5.74, 6) is -0.822. The van der Waals surface area contributed by atoms with Crippen molar-refractivity contribution in [2.75, 3.05) is 0 Å². The van der Waals surface area contributed by atoms with Crippen LogP contribution in [0.2, 0.25) is 0 Å². The summed E-state index contributed by atoms with van der Waals surface area (Å²) >= 11 is 0. The molecule has 1 rings (SSSR count). The summed E-state index contributed by atoms with van der Waals surface area (Å²) in [5, 5.41) is 8.77. The summed E-state index contributed by atoms with van der Waals surface area (Å²) in [6.45, 7) is 2.05. The van der Waals surface area contributed by atoms with Crippen LogP contribution in [0.25, 0.3) is 0 Å². The second-order valence-corrected chi connectivity index (χ2v) is 2.97. The molecule has 1 saturated carbocycles. The molecular formula is C9H14O2. The number of carbonyl (C=O) groups is 1. The van der Waals surface area contributed by atoms with E-state index in [9.17, 15) is 4.79 Å². The zero-order chi connectivity index (χ0) is 8.27. The van der Waals surface area contributed by atoms with Crippen LogP contribution in [0.4, 0.5) is 0 Å². The first-order valence-electron chi connectivity index (χ1n) is 4.17. The van der Waals surface area contributed by atoms with Crippen LogP contribution in [0.5, 0.6) is 0 Å². The molecule has 2 nitrogen and oxygen atoms in total. The van der Waals surface area contributed by atoms with Gasteiger partial charge in [0.25, 0.3) is 0 Å². The summed E-state index contributed by atoms with van der Waals surface area (Å²) < 4.78 is 0. The molecule has 1 atom stereocenters. The molecule has 0 aromatic heterocycles. The van der Waals surface area contributed by atoms with Crippen molar-refractivity contribution in [1.82, 2.24) is 0 Å². The fraction of sp³-hybridized carbons (Fsp3) is 0.667. The Bertz CT molecular complexity index is 182. The summed E-state index contributed by atoms with van der Waals surface area (Å²) in [4.78, 5) is 10.6. The van der Waals surface area contributed by atoms with E-state index in [-0.39, 0.29) is 5.92 Å². The number of carboxylic acids is 1. The number of aliphatic carboxylic acids is 1. The van der Waals surface area contributed by atoms with Crippen molar-refractivity contribution >= 4 is 5.97 Å². The number of hydrogen-bond acceptors (Lipinski definition) is 1. The molecule has 1 aliphatic rings. The molecule has 0 aliphatic heterocycles. The van der Waals surface area contributed by atoms with Crippen molar-refractivity contribution in [3.05, 3.63) is 11.6 Å². The number of allylic oxidation sites excluding steroid dienone is 1. The zero-order valence-electron chi connectivity index (χ0n) is 6.84. The number of hydrogen-bond donors (Lipinski definition) is 1. The molecule has 0 heterocycles. The first-order valence-corrected chi connectivity index (χ1v) is 4.17. The lowest BCUT2D eigenvalue weighted by molar-refractivity contribution is -0.140. The average molecular weight is 154 g/mol. The largest absolute Gasteiger partial charge is 0.481 e. The van der Waals surface area contributed by atoms with Gasteiger partial charge in [0, 0.05) is 0 Å². The van der Waals surface area contributed by atoms with Gasteiger partial charge in [-0.1, -0.05) is 18.6 Å². The van der Waals surface area contributed by atoms with Gasteiger partial charge in [-0.3, -0.25) is 4.79 Å². The predicted octanol–water partition coefficient (Wildman–Crippen LogP) is 2.21. The molecule has 1 aliphatic carbocycles. The van der Waals surface area contributed by atoms with E-state index >= 15 is 0 Å². The fourth-order valence-electron chi connectivity index (χ4n) is 1.66. The van der Waals surface area contributed by atoms with E-state index < -0.39 is 5.97 Å². The van der Waals surface area contributed by atoms with E-state index in [1.165, 1.54) is 0 Å². The average Bonchev–Trinajstić information content (AvgIpc) is 2.36. The second kappa shape index (κ2) is 3.56. The van der Waals surface area contributed by atoms with Crippen LogP contribution in [0.1, 0.15) is 32.6 Å². The highest BCUT2D eigenvalue weighted by molar-refractivity contribution is 5.74. The Kier molecular flexibility index (Phi) is 2.69. The molecule has 0 amide bonds. The standard InChI is InChI=1S/C9H14O2/c1-2-4-7-5-3-6-8(7)9(10)11/h4,8H,2-3,5-6H2,1H3,(H,10,11)/b7-4-/t8-/m1/s1. The highest BCUT2D eigenvalue weighted by Crippen LogP contribution is 2.31.